The third-order valence-electron chi connectivity index (χ3n) is 2.41. The molecule has 0 aliphatic heterocycles. The summed E-state index contributed by atoms with van der Waals surface area (Å²) in [6.45, 7) is 2.17. The Bertz CT molecular complexity index is 344. The minimum atomic E-state index is 0.381. The van der Waals surface area contributed by atoms with Crippen LogP contribution in [0.1, 0.15) is 24.0 Å². The number of hydrogen-bond donors (Lipinski definition) is 0. The normalized spacial score (nSPS) is 12.4. The topological polar surface area (TPSA) is 25.8 Å². The second kappa shape index (κ2) is 4.01. The third-order valence-corrected chi connectivity index (χ3v) is 2.41. The van der Waals surface area contributed by atoms with Gasteiger partial charge < -0.3 is 0 Å². The summed E-state index contributed by atoms with van der Waals surface area (Å²) >= 11 is 0. The van der Waals surface area contributed by atoms with Crippen molar-refractivity contribution in [3.63, 3.8) is 0 Å². The quantitative estimate of drug-likeness (QED) is 0.717. The standard InChI is InChI=1S/C12H12N2/c1-10(11-5-3-2-4-6-11)12-7-8-13-14-9-12/h2-10H,1H3. The van der Waals surface area contributed by atoms with Crippen LogP contribution in [-0.2, 0) is 0 Å². The number of aromatic nitrogens is 2. The summed E-state index contributed by atoms with van der Waals surface area (Å²) in [4.78, 5) is 0. The molecule has 70 valence electrons. The second-order valence-electron chi connectivity index (χ2n) is 3.31. The van der Waals surface area contributed by atoms with Crippen LogP contribution < -0.4 is 0 Å². The van der Waals surface area contributed by atoms with Crippen LogP contribution in [0.15, 0.2) is 48.8 Å². The highest BCUT2D eigenvalue weighted by atomic mass is 15.1. The molecule has 1 aromatic carbocycles. The van der Waals surface area contributed by atoms with Gasteiger partial charge in [-0.15, -0.1) is 0 Å². The van der Waals surface area contributed by atoms with Gasteiger partial charge in [0.2, 0.25) is 0 Å². The van der Waals surface area contributed by atoms with Crippen LogP contribution in [0.4, 0.5) is 0 Å². The lowest BCUT2D eigenvalue weighted by Gasteiger charge is -2.10. The summed E-state index contributed by atoms with van der Waals surface area (Å²) in [6.07, 6.45) is 3.55. The maximum atomic E-state index is 3.88. The first kappa shape index (κ1) is 8.88. The summed E-state index contributed by atoms with van der Waals surface area (Å²) in [7, 11) is 0. The average molecular weight is 184 g/mol. The lowest BCUT2D eigenvalue weighted by molar-refractivity contribution is 0.885. The van der Waals surface area contributed by atoms with E-state index in [2.05, 4.69) is 41.4 Å². The van der Waals surface area contributed by atoms with Gasteiger partial charge in [0.15, 0.2) is 0 Å². The molecule has 14 heavy (non-hydrogen) atoms. The highest BCUT2D eigenvalue weighted by molar-refractivity contribution is 5.28. The Balaban J connectivity index is 2.30. The zero-order valence-corrected chi connectivity index (χ0v) is 8.09. The Morgan fingerprint density at radius 1 is 0.929 bits per heavy atom. The van der Waals surface area contributed by atoms with Gasteiger partial charge in [0.05, 0.1) is 6.20 Å². The number of rotatable bonds is 2. The molecule has 1 aromatic heterocycles. The van der Waals surface area contributed by atoms with E-state index in [4.69, 9.17) is 0 Å². The van der Waals surface area contributed by atoms with E-state index in [1.807, 2.05) is 18.3 Å². The molecule has 0 spiro atoms. The molecular weight excluding hydrogens is 172 g/mol. The summed E-state index contributed by atoms with van der Waals surface area (Å²) in [5, 5.41) is 7.65. The highest BCUT2D eigenvalue weighted by Gasteiger charge is 2.06. The second-order valence-corrected chi connectivity index (χ2v) is 3.31. The number of benzene rings is 1. The van der Waals surface area contributed by atoms with Gasteiger partial charge in [-0.05, 0) is 17.2 Å². The lowest BCUT2D eigenvalue weighted by atomic mass is 9.95. The zero-order chi connectivity index (χ0) is 9.80. The van der Waals surface area contributed by atoms with Crippen molar-refractivity contribution >= 4 is 0 Å². The van der Waals surface area contributed by atoms with Crippen LogP contribution in [0.3, 0.4) is 0 Å². The Hall–Kier alpha value is -1.70. The molecule has 2 rings (SSSR count). The average Bonchev–Trinajstić information content (AvgIpc) is 2.30. The molecule has 0 amide bonds. The molecule has 0 bridgehead atoms. The van der Waals surface area contributed by atoms with Crippen LogP contribution in [0, 0.1) is 0 Å². The van der Waals surface area contributed by atoms with Crippen molar-refractivity contribution in [1.82, 2.24) is 10.2 Å². The predicted octanol–water partition coefficient (Wildman–Crippen LogP) is 2.63. The maximum Gasteiger partial charge on any atom is 0.0534 e. The molecule has 2 heteroatoms. The SMILES string of the molecule is CC(c1ccccc1)c1ccnnc1. The van der Waals surface area contributed by atoms with Gasteiger partial charge in [0, 0.05) is 12.1 Å². The van der Waals surface area contributed by atoms with E-state index in [0.717, 1.165) is 0 Å². The fourth-order valence-corrected chi connectivity index (χ4v) is 1.49. The van der Waals surface area contributed by atoms with Crippen molar-refractivity contribution in [2.45, 2.75) is 12.8 Å². The molecule has 0 N–H and O–H groups in total. The molecule has 0 radical (unpaired) electrons. The Morgan fingerprint density at radius 2 is 1.71 bits per heavy atom. The van der Waals surface area contributed by atoms with E-state index in [9.17, 15) is 0 Å². The van der Waals surface area contributed by atoms with Gasteiger partial charge in [-0.2, -0.15) is 10.2 Å². The van der Waals surface area contributed by atoms with Crippen LogP contribution >= 0.6 is 0 Å². The Morgan fingerprint density at radius 3 is 2.36 bits per heavy atom. The van der Waals surface area contributed by atoms with Gasteiger partial charge in [0.25, 0.3) is 0 Å². The first-order chi connectivity index (χ1) is 6.88. The molecule has 1 atom stereocenters. The van der Waals surface area contributed by atoms with E-state index < -0.39 is 0 Å². The molecule has 0 saturated carbocycles. The molecule has 0 aliphatic rings. The molecule has 1 heterocycles. The van der Waals surface area contributed by atoms with Crippen molar-refractivity contribution in [1.29, 1.82) is 0 Å². The molecule has 0 aliphatic carbocycles. The Labute approximate surface area is 83.6 Å². The first-order valence-corrected chi connectivity index (χ1v) is 4.69. The monoisotopic (exact) mass is 184 g/mol. The third kappa shape index (κ3) is 1.79. The van der Waals surface area contributed by atoms with Gasteiger partial charge in [-0.1, -0.05) is 37.3 Å². The summed E-state index contributed by atoms with van der Waals surface area (Å²) < 4.78 is 0. The van der Waals surface area contributed by atoms with E-state index in [1.54, 1.807) is 6.20 Å². The van der Waals surface area contributed by atoms with Crippen LogP contribution in [0.2, 0.25) is 0 Å². The van der Waals surface area contributed by atoms with Crippen molar-refractivity contribution in [2.75, 3.05) is 0 Å². The lowest BCUT2D eigenvalue weighted by Crippen LogP contribution is -1.96. The van der Waals surface area contributed by atoms with Gasteiger partial charge >= 0.3 is 0 Å². The van der Waals surface area contributed by atoms with Crippen LogP contribution in [-0.4, -0.2) is 10.2 Å². The molecule has 2 nitrogen and oxygen atoms in total. The van der Waals surface area contributed by atoms with Gasteiger partial charge in [0.1, 0.15) is 0 Å². The molecular formula is C12H12N2. The van der Waals surface area contributed by atoms with Crippen LogP contribution in [0.5, 0.6) is 0 Å². The number of hydrogen-bond acceptors (Lipinski definition) is 2. The van der Waals surface area contributed by atoms with Crippen molar-refractivity contribution in [3.05, 3.63) is 59.9 Å². The van der Waals surface area contributed by atoms with Crippen LogP contribution in [0.25, 0.3) is 0 Å². The maximum absolute atomic E-state index is 3.88. The highest BCUT2D eigenvalue weighted by Crippen LogP contribution is 2.21. The van der Waals surface area contributed by atoms with E-state index >= 15 is 0 Å². The van der Waals surface area contributed by atoms with Gasteiger partial charge in [-0.3, -0.25) is 0 Å². The first-order valence-electron chi connectivity index (χ1n) is 4.69. The Kier molecular flexibility index (Phi) is 2.54. The molecule has 1 unspecified atom stereocenters. The molecule has 0 fully saturated rings. The molecule has 0 saturated heterocycles. The van der Waals surface area contributed by atoms with Crippen molar-refractivity contribution < 1.29 is 0 Å². The van der Waals surface area contributed by atoms with E-state index in [0.29, 0.717) is 5.92 Å². The van der Waals surface area contributed by atoms with E-state index in [1.165, 1.54) is 11.1 Å². The van der Waals surface area contributed by atoms with Crippen molar-refractivity contribution in [2.24, 2.45) is 0 Å². The minimum Gasteiger partial charge on any atom is -0.159 e. The number of nitrogens with zero attached hydrogens (tertiary/aromatic N) is 2. The largest absolute Gasteiger partial charge is 0.159 e. The smallest absolute Gasteiger partial charge is 0.0534 e. The zero-order valence-electron chi connectivity index (χ0n) is 8.09. The molecule has 2 aromatic rings. The predicted molar refractivity (Wildman–Crippen MR) is 56.0 cm³/mol. The summed E-state index contributed by atoms with van der Waals surface area (Å²) in [6, 6.07) is 12.4. The fraction of sp³-hybridized carbons (Fsp3) is 0.167. The van der Waals surface area contributed by atoms with E-state index in [-0.39, 0.29) is 0 Å². The summed E-state index contributed by atoms with van der Waals surface area (Å²) in [5.41, 5.74) is 2.51. The van der Waals surface area contributed by atoms with Crippen molar-refractivity contribution in [3.8, 4) is 0 Å². The summed E-state index contributed by atoms with van der Waals surface area (Å²) in [5.74, 6) is 0.381. The van der Waals surface area contributed by atoms with Gasteiger partial charge in [-0.25, -0.2) is 0 Å². The minimum absolute atomic E-state index is 0.381. The fourth-order valence-electron chi connectivity index (χ4n) is 1.49.